The monoisotopic (exact) mass is 205 g/mol. The summed E-state index contributed by atoms with van der Waals surface area (Å²) in [6.07, 6.45) is 5.62. The first kappa shape index (κ1) is 11.0. The Morgan fingerprint density at radius 1 is 1.67 bits per heavy atom. The van der Waals surface area contributed by atoms with Crippen LogP contribution in [-0.4, -0.2) is 27.6 Å². The summed E-state index contributed by atoms with van der Waals surface area (Å²) in [7, 11) is 0. The lowest BCUT2D eigenvalue weighted by Gasteiger charge is -2.04. The molecule has 0 saturated heterocycles. The van der Waals surface area contributed by atoms with E-state index >= 15 is 0 Å². The van der Waals surface area contributed by atoms with Gasteiger partial charge < -0.3 is 10.4 Å². The Kier molecular flexibility index (Phi) is 3.63. The molecule has 0 atom stereocenters. The third-order valence-electron chi connectivity index (χ3n) is 1.63. The van der Waals surface area contributed by atoms with Crippen molar-refractivity contribution in [2.75, 3.05) is 11.9 Å². The average Bonchev–Trinajstić information content (AvgIpc) is 2.17. The van der Waals surface area contributed by atoms with Crippen LogP contribution in [0.15, 0.2) is 6.07 Å². The maximum atomic E-state index is 10.7. The number of nitrogens with zero attached hydrogens (tertiary/aromatic N) is 2. The smallest absolute Gasteiger partial charge is 0.354 e. The maximum absolute atomic E-state index is 10.7. The SMILES string of the molecule is C#CCCNc1nc(C)cc(C(=O)O)n1. The number of hydrogen-bond acceptors (Lipinski definition) is 4. The molecule has 2 N–H and O–H groups in total. The standard InChI is InChI=1S/C10H11N3O2/c1-3-4-5-11-10-12-7(2)6-8(13-10)9(14)15/h1,6H,4-5H2,2H3,(H,14,15)(H,11,12,13). The summed E-state index contributed by atoms with van der Waals surface area (Å²) in [5.41, 5.74) is 0.580. The summed E-state index contributed by atoms with van der Waals surface area (Å²) >= 11 is 0. The minimum absolute atomic E-state index is 0.0225. The van der Waals surface area contributed by atoms with E-state index in [1.54, 1.807) is 6.92 Å². The second kappa shape index (κ2) is 4.96. The van der Waals surface area contributed by atoms with Crippen LogP contribution in [-0.2, 0) is 0 Å². The van der Waals surface area contributed by atoms with Crippen molar-refractivity contribution in [3.63, 3.8) is 0 Å². The van der Waals surface area contributed by atoms with Crippen molar-refractivity contribution >= 4 is 11.9 Å². The number of nitrogens with one attached hydrogen (secondary N) is 1. The molecule has 0 spiro atoms. The number of aryl methyl sites for hydroxylation is 1. The topological polar surface area (TPSA) is 75.1 Å². The Labute approximate surface area is 87.6 Å². The van der Waals surface area contributed by atoms with E-state index in [1.807, 2.05) is 0 Å². The minimum Gasteiger partial charge on any atom is -0.477 e. The molecule has 1 aromatic rings. The summed E-state index contributed by atoms with van der Waals surface area (Å²) in [6, 6.07) is 1.41. The summed E-state index contributed by atoms with van der Waals surface area (Å²) < 4.78 is 0. The molecule has 0 radical (unpaired) electrons. The molecule has 1 heterocycles. The lowest BCUT2D eigenvalue weighted by atomic mass is 10.3. The molecule has 1 aromatic heterocycles. The van der Waals surface area contributed by atoms with E-state index < -0.39 is 5.97 Å². The molecule has 5 nitrogen and oxygen atoms in total. The number of hydrogen-bond donors (Lipinski definition) is 2. The zero-order chi connectivity index (χ0) is 11.3. The summed E-state index contributed by atoms with van der Waals surface area (Å²) in [5, 5.41) is 11.6. The zero-order valence-electron chi connectivity index (χ0n) is 8.32. The van der Waals surface area contributed by atoms with Crippen molar-refractivity contribution in [3.8, 4) is 12.3 Å². The molecule has 0 amide bonds. The molecule has 0 saturated carbocycles. The fourth-order valence-corrected chi connectivity index (χ4v) is 1.00. The highest BCUT2D eigenvalue weighted by atomic mass is 16.4. The van der Waals surface area contributed by atoms with Gasteiger partial charge in [-0.05, 0) is 13.0 Å². The lowest BCUT2D eigenvalue weighted by Crippen LogP contribution is -2.09. The van der Waals surface area contributed by atoms with Gasteiger partial charge in [-0.2, -0.15) is 0 Å². The van der Waals surface area contributed by atoms with Crippen molar-refractivity contribution in [1.29, 1.82) is 0 Å². The van der Waals surface area contributed by atoms with Gasteiger partial charge in [0.25, 0.3) is 0 Å². The first-order valence-electron chi connectivity index (χ1n) is 4.40. The Morgan fingerprint density at radius 2 is 2.40 bits per heavy atom. The number of aromatic nitrogens is 2. The van der Waals surface area contributed by atoms with E-state index in [1.165, 1.54) is 6.07 Å². The molecule has 0 aromatic carbocycles. The van der Waals surface area contributed by atoms with Crippen LogP contribution in [0, 0.1) is 19.3 Å². The molecular formula is C10H11N3O2. The Hall–Kier alpha value is -2.09. The zero-order valence-corrected chi connectivity index (χ0v) is 8.32. The predicted octanol–water partition coefficient (Wildman–Crippen LogP) is 0.918. The van der Waals surface area contributed by atoms with Crippen LogP contribution in [0.1, 0.15) is 22.6 Å². The van der Waals surface area contributed by atoms with Gasteiger partial charge in [-0.3, -0.25) is 0 Å². The van der Waals surface area contributed by atoms with Gasteiger partial charge in [0.2, 0.25) is 5.95 Å². The molecular weight excluding hydrogens is 194 g/mol. The third kappa shape index (κ3) is 3.27. The van der Waals surface area contributed by atoms with Crippen LogP contribution in [0.25, 0.3) is 0 Å². The molecule has 0 aliphatic rings. The number of anilines is 1. The molecule has 0 bridgehead atoms. The largest absolute Gasteiger partial charge is 0.477 e. The maximum Gasteiger partial charge on any atom is 0.354 e. The van der Waals surface area contributed by atoms with Crippen molar-refractivity contribution in [2.24, 2.45) is 0 Å². The van der Waals surface area contributed by atoms with Gasteiger partial charge in [-0.25, -0.2) is 14.8 Å². The lowest BCUT2D eigenvalue weighted by molar-refractivity contribution is 0.0690. The van der Waals surface area contributed by atoms with Gasteiger partial charge in [-0.1, -0.05) is 0 Å². The Bertz CT molecular complexity index is 410. The molecule has 0 fully saturated rings. The van der Waals surface area contributed by atoms with E-state index in [2.05, 4.69) is 21.2 Å². The van der Waals surface area contributed by atoms with Crippen molar-refractivity contribution in [3.05, 3.63) is 17.5 Å². The first-order valence-corrected chi connectivity index (χ1v) is 4.40. The highest BCUT2D eigenvalue weighted by Crippen LogP contribution is 2.04. The molecule has 0 aliphatic carbocycles. The van der Waals surface area contributed by atoms with E-state index in [9.17, 15) is 4.79 Å². The third-order valence-corrected chi connectivity index (χ3v) is 1.63. The average molecular weight is 205 g/mol. The summed E-state index contributed by atoms with van der Waals surface area (Å²) in [5.74, 6) is 1.68. The van der Waals surface area contributed by atoms with Crippen LogP contribution in [0.5, 0.6) is 0 Å². The van der Waals surface area contributed by atoms with Crippen LogP contribution in [0.3, 0.4) is 0 Å². The highest BCUT2D eigenvalue weighted by Gasteiger charge is 2.07. The number of carboxylic acid groups (broad SMARTS) is 1. The molecule has 1 rings (SSSR count). The van der Waals surface area contributed by atoms with Crippen LogP contribution in [0.4, 0.5) is 5.95 Å². The van der Waals surface area contributed by atoms with Crippen LogP contribution < -0.4 is 5.32 Å². The predicted molar refractivity (Wildman–Crippen MR) is 55.7 cm³/mol. The van der Waals surface area contributed by atoms with E-state index in [4.69, 9.17) is 11.5 Å². The number of carboxylic acids is 1. The van der Waals surface area contributed by atoms with E-state index in [0.717, 1.165) is 0 Å². The normalized spacial score (nSPS) is 9.33. The number of terminal acetylenes is 1. The fourth-order valence-electron chi connectivity index (χ4n) is 1.00. The van der Waals surface area contributed by atoms with Gasteiger partial charge in [0.15, 0.2) is 5.69 Å². The molecule has 5 heteroatoms. The number of aromatic carboxylic acids is 1. The number of rotatable bonds is 4. The van der Waals surface area contributed by atoms with Gasteiger partial charge in [0.1, 0.15) is 0 Å². The van der Waals surface area contributed by atoms with Crippen molar-refractivity contribution in [2.45, 2.75) is 13.3 Å². The van der Waals surface area contributed by atoms with Gasteiger partial charge in [0, 0.05) is 18.7 Å². The van der Waals surface area contributed by atoms with E-state index in [0.29, 0.717) is 24.6 Å². The Morgan fingerprint density at radius 3 is 3.00 bits per heavy atom. The summed E-state index contributed by atoms with van der Waals surface area (Å²) in [6.45, 7) is 2.24. The molecule has 0 aliphatic heterocycles. The summed E-state index contributed by atoms with van der Waals surface area (Å²) in [4.78, 5) is 18.5. The second-order valence-corrected chi connectivity index (χ2v) is 2.90. The minimum atomic E-state index is -1.07. The van der Waals surface area contributed by atoms with Gasteiger partial charge >= 0.3 is 5.97 Å². The van der Waals surface area contributed by atoms with Crippen molar-refractivity contribution in [1.82, 2.24) is 9.97 Å². The molecule has 15 heavy (non-hydrogen) atoms. The van der Waals surface area contributed by atoms with Crippen LogP contribution in [0.2, 0.25) is 0 Å². The quantitative estimate of drug-likeness (QED) is 0.564. The number of carbonyl (C=O) groups is 1. The highest BCUT2D eigenvalue weighted by molar-refractivity contribution is 5.85. The second-order valence-electron chi connectivity index (χ2n) is 2.90. The van der Waals surface area contributed by atoms with Crippen LogP contribution >= 0.6 is 0 Å². The van der Waals surface area contributed by atoms with E-state index in [-0.39, 0.29) is 5.69 Å². The molecule has 0 unspecified atom stereocenters. The fraction of sp³-hybridized carbons (Fsp3) is 0.300. The van der Waals surface area contributed by atoms with Crippen molar-refractivity contribution < 1.29 is 9.90 Å². The molecule has 78 valence electrons. The van der Waals surface area contributed by atoms with Gasteiger partial charge in [0.05, 0.1) is 0 Å². The Balaban J connectivity index is 2.80. The first-order chi connectivity index (χ1) is 7.13. The van der Waals surface area contributed by atoms with Gasteiger partial charge in [-0.15, -0.1) is 12.3 Å².